The Kier molecular flexibility index (Phi) is 6.42. The minimum atomic E-state index is 0.0921. The van der Waals surface area contributed by atoms with Crippen LogP contribution in [-0.4, -0.2) is 46.2 Å². The number of likely N-dealkylation sites (tertiary alicyclic amines) is 1. The van der Waals surface area contributed by atoms with Crippen molar-refractivity contribution in [3.63, 3.8) is 0 Å². The van der Waals surface area contributed by atoms with Crippen LogP contribution in [0.25, 0.3) is 0 Å². The van der Waals surface area contributed by atoms with Gasteiger partial charge in [-0.25, -0.2) is 0 Å². The number of aromatic nitrogens is 3. The number of pyridine rings is 1. The lowest BCUT2D eigenvalue weighted by Gasteiger charge is -2.31. The van der Waals surface area contributed by atoms with Gasteiger partial charge >= 0.3 is 0 Å². The van der Waals surface area contributed by atoms with Crippen molar-refractivity contribution in [1.82, 2.24) is 20.1 Å². The second-order valence-electron chi connectivity index (χ2n) is 9.28. The number of amides is 1. The van der Waals surface area contributed by atoms with Crippen LogP contribution in [-0.2, 0) is 19.3 Å². The molecule has 1 aliphatic heterocycles. The number of carbonyl (C=O) groups is 1. The third kappa shape index (κ3) is 4.80. The van der Waals surface area contributed by atoms with Crippen molar-refractivity contribution < 1.29 is 9.53 Å². The van der Waals surface area contributed by atoms with E-state index in [9.17, 15) is 4.79 Å². The summed E-state index contributed by atoms with van der Waals surface area (Å²) in [6, 6.07) is 12.5. The molecule has 2 aromatic heterocycles. The van der Waals surface area contributed by atoms with Gasteiger partial charge in [0.25, 0.3) is 5.91 Å². The SMILES string of the molecule is COc1cccc(Cc2ccc(C3CCN(C(=O)c4n[nH]c5c4CCCCC5)CC3)nc2)c1. The van der Waals surface area contributed by atoms with Crippen LogP contribution in [0.5, 0.6) is 5.75 Å². The molecule has 2 aliphatic rings. The summed E-state index contributed by atoms with van der Waals surface area (Å²) in [5.41, 5.74) is 6.53. The van der Waals surface area contributed by atoms with E-state index in [0.717, 1.165) is 68.6 Å². The number of ether oxygens (including phenoxy) is 1. The van der Waals surface area contributed by atoms with Crippen molar-refractivity contribution in [1.29, 1.82) is 0 Å². The molecule has 6 nitrogen and oxygen atoms in total. The molecule has 0 spiro atoms. The lowest BCUT2D eigenvalue weighted by atomic mass is 9.92. The van der Waals surface area contributed by atoms with Crippen LogP contribution in [0.2, 0.25) is 0 Å². The minimum Gasteiger partial charge on any atom is -0.497 e. The van der Waals surface area contributed by atoms with E-state index in [1.807, 2.05) is 23.2 Å². The molecule has 1 aliphatic carbocycles. The molecule has 0 bridgehead atoms. The van der Waals surface area contributed by atoms with Gasteiger partial charge in [-0.1, -0.05) is 24.6 Å². The number of H-pyrrole nitrogens is 1. The maximum absolute atomic E-state index is 13.2. The quantitative estimate of drug-likeness (QED) is 0.580. The third-order valence-electron chi connectivity index (χ3n) is 7.10. The Balaban J connectivity index is 1.19. The average molecular weight is 445 g/mol. The Morgan fingerprint density at radius 1 is 1.09 bits per heavy atom. The van der Waals surface area contributed by atoms with Crippen LogP contribution in [0.3, 0.4) is 0 Å². The Labute approximate surface area is 195 Å². The van der Waals surface area contributed by atoms with E-state index >= 15 is 0 Å². The largest absolute Gasteiger partial charge is 0.497 e. The second-order valence-corrected chi connectivity index (χ2v) is 9.28. The van der Waals surface area contributed by atoms with Gasteiger partial charge in [0.15, 0.2) is 5.69 Å². The number of rotatable bonds is 5. The van der Waals surface area contributed by atoms with Gasteiger partial charge in [0.1, 0.15) is 5.75 Å². The van der Waals surface area contributed by atoms with Crippen LogP contribution in [0.15, 0.2) is 42.6 Å². The van der Waals surface area contributed by atoms with E-state index in [2.05, 4.69) is 34.5 Å². The van der Waals surface area contributed by atoms with E-state index in [1.54, 1.807) is 7.11 Å². The van der Waals surface area contributed by atoms with E-state index < -0.39 is 0 Å². The highest BCUT2D eigenvalue weighted by molar-refractivity contribution is 5.94. The van der Waals surface area contributed by atoms with E-state index in [4.69, 9.17) is 9.72 Å². The van der Waals surface area contributed by atoms with Crippen LogP contribution < -0.4 is 4.74 Å². The molecular weight excluding hydrogens is 412 g/mol. The highest BCUT2D eigenvalue weighted by atomic mass is 16.5. The number of benzene rings is 1. The fourth-order valence-electron chi connectivity index (χ4n) is 5.16. The number of piperidine rings is 1. The number of aryl methyl sites for hydroxylation is 1. The van der Waals surface area contributed by atoms with Gasteiger partial charge in [-0.15, -0.1) is 0 Å². The summed E-state index contributed by atoms with van der Waals surface area (Å²) in [6.45, 7) is 1.52. The van der Waals surface area contributed by atoms with Crippen LogP contribution in [0.4, 0.5) is 0 Å². The molecule has 3 heterocycles. The summed E-state index contributed by atoms with van der Waals surface area (Å²) in [4.78, 5) is 19.9. The smallest absolute Gasteiger partial charge is 0.274 e. The van der Waals surface area contributed by atoms with Crippen molar-refractivity contribution in [3.8, 4) is 5.75 Å². The number of hydrogen-bond donors (Lipinski definition) is 1. The molecule has 0 radical (unpaired) electrons. The summed E-state index contributed by atoms with van der Waals surface area (Å²) in [5, 5.41) is 7.55. The summed E-state index contributed by atoms with van der Waals surface area (Å²) in [5.74, 6) is 1.37. The molecule has 0 saturated carbocycles. The number of nitrogens with one attached hydrogen (secondary N) is 1. The van der Waals surface area contributed by atoms with Crippen molar-refractivity contribution in [2.75, 3.05) is 20.2 Å². The first-order chi connectivity index (χ1) is 16.2. The fourth-order valence-corrected chi connectivity index (χ4v) is 5.16. The summed E-state index contributed by atoms with van der Waals surface area (Å²) >= 11 is 0. The zero-order valence-corrected chi connectivity index (χ0v) is 19.3. The second kappa shape index (κ2) is 9.77. The van der Waals surface area contributed by atoms with Crippen molar-refractivity contribution in [3.05, 3.63) is 76.4 Å². The standard InChI is InChI=1S/C27H32N4O2/c1-33-22-7-5-6-19(17-22)16-20-10-11-24(28-18-20)21-12-14-31(15-13-21)27(32)26-23-8-3-2-4-9-25(23)29-30-26/h5-7,10-11,17-18,21H,2-4,8-9,12-16H2,1H3,(H,29,30). The van der Waals surface area contributed by atoms with Crippen molar-refractivity contribution in [2.24, 2.45) is 0 Å². The van der Waals surface area contributed by atoms with Crippen LogP contribution in [0, 0.1) is 0 Å². The molecule has 1 aromatic carbocycles. The summed E-state index contributed by atoms with van der Waals surface area (Å²) in [7, 11) is 1.69. The van der Waals surface area contributed by atoms with Gasteiger partial charge in [-0.05, 0) is 74.3 Å². The molecule has 1 amide bonds. The Morgan fingerprint density at radius 2 is 1.94 bits per heavy atom. The van der Waals surface area contributed by atoms with Gasteiger partial charge in [0.05, 0.1) is 7.11 Å². The molecule has 6 heteroatoms. The van der Waals surface area contributed by atoms with Gasteiger partial charge in [-0.2, -0.15) is 5.10 Å². The maximum Gasteiger partial charge on any atom is 0.274 e. The molecule has 5 rings (SSSR count). The molecular formula is C27H32N4O2. The zero-order chi connectivity index (χ0) is 22.6. The topological polar surface area (TPSA) is 71.1 Å². The number of nitrogens with zero attached hydrogens (tertiary/aromatic N) is 3. The lowest BCUT2D eigenvalue weighted by Crippen LogP contribution is -2.38. The predicted octanol–water partition coefficient (Wildman–Crippen LogP) is 4.69. The first-order valence-corrected chi connectivity index (χ1v) is 12.1. The molecule has 1 saturated heterocycles. The average Bonchev–Trinajstić information content (AvgIpc) is 3.12. The molecule has 3 aromatic rings. The van der Waals surface area contributed by atoms with E-state index in [1.165, 1.54) is 29.7 Å². The number of hydrogen-bond acceptors (Lipinski definition) is 4. The fraction of sp³-hybridized carbons (Fsp3) is 0.444. The molecule has 172 valence electrons. The van der Waals surface area contributed by atoms with Crippen molar-refractivity contribution >= 4 is 5.91 Å². The van der Waals surface area contributed by atoms with Crippen LogP contribution >= 0.6 is 0 Å². The first-order valence-electron chi connectivity index (χ1n) is 12.1. The van der Waals surface area contributed by atoms with E-state index in [-0.39, 0.29) is 5.91 Å². The summed E-state index contributed by atoms with van der Waals surface area (Å²) < 4.78 is 5.32. The molecule has 0 atom stereocenters. The lowest BCUT2D eigenvalue weighted by molar-refractivity contribution is 0.0705. The van der Waals surface area contributed by atoms with Gasteiger partial charge in [0.2, 0.25) is 0 Å². The number of fused-ring (bicyclic) bond motifs is 1. The highest BCUT2D eigenvalue weighted by Gasteiger charge is 2.29. The first kappa shape index (κ1) is 21.7. The Morgan fingerprint density at radius 3 is 2.73 bits per heavy atom. The highest BCUT2D eigenvalue weighted by Crippen LogP contribution is 2.29. The normalized spacial score (nSPS) is 16.8. The number of aromatic amines is 1. The van der Waals surface area contributed by atoms with Gasteiger partial charge in [0, 0.05) is 42.2 Å². The van der Waals surface area contributed by atoms with E-state index in [0.29, 0.717) is 11.6 Å². The molecule has 33 heavy (non-hydrogen) atoms. The molecule has 1 fully saturated rings. The summed E-state index contributed by atoms with van der Waals surface area (Å²) in [6.07, 6.45) is 10.3. The van der Waals surface area contributed by atoms with Crippen molar-refractivity contribution in [2.45, 2.75) is 57.3 Å². The van der Waals surface area contributed by atoms with Crippen LogP contribution in [0.1, 0.15) is 76.6 Å². The zero-order valence-electron chi connectivity index (χ0n) is 19.3. The molecule has 1 N–H and O–H groups in total. The molecule has 0 unspecified atom stereocenters. The Bertz CT molecular complexity index is 1100. The minimum absolute atomic E-state index is 0.0921. The maximum atomic E-state index is 13.2. The third-order valence-corrected chi connectivity index (χ3v) is 7.10. The monoisotopic (exact) mass is 444 g/mol. The number of carbonyl (C=O) groups excluding carboxylic acids is 1. The predicted molar refractivity (Wildman–Crippen MR) is 128 cm³/mol. The Hall–Kier alpha value is -3.15. The van der Waals surface area contributed by atoms with Gasteiger partial charge in [-0.3, -0.25) is 14.9 Å². The van der Waals surface area contributed by atoms with Gasteiger partial charge < -0.3 is 9.64 Å². The number of methoxy groups -OCH3 is 1.